The number of H-pyrrole nitrogens is 1. The maximum absolute atomic E-state index is 6.02. The van der Waals surface area contributed by atoms with E-state index in [0.717, 1.165) is 34.6 Å². The van der Waals surface area contributed by atoms with Gasteiger partial charge >= 0.3 is 6.02 Å². The van der Waals surface area contributed by atoms with Crippen LogP contribution in [0.25, 0.3) is 0 Å². The molecule has 33 heavy (non-hydrogen) atoms. The second kappa shape index (κ2) is 11.3. The lowest BCUT2D eigenvalue weighted by atomic mass is 10.1. The molecule has 0 aliphatic carbocycles. The lowest BCUT2D eigenvalue weighted by molar-refractivity contribution is 0.539. The molecule has 8 nitrogen and oxygen atoms in total. The molecule has 0 aliphatic heterocycles. The van der Waals surface area contributed by atoms with Crippen LogP contribution >= 0.6 is 0 Å². The highest BCUT2D eigenvalue weighted by molar-refractivity contribution is 6.05. The number of aromatic amines is 1. The smallest absolute Gasteiger partial charge is 0.324 e. The third kappa shape index (κ3) is 6.43. The standard InChI is InChI=1S/C25H31N7O/c1-7-22(26-6)24-16(3)11-23(31-24)32-25(33-21-10-9-17(4)29-15-21)30-18(5)19-12-20(28-8-2)14-27-13-19/h8-15,22,26,31H,7H2,1-6H3. The number of ether oxygens (including phenoxy) is 1. The van der Waals surface area contributed by atoms with E-state index >= 15 is 0 Å². The van der Waals surface area contributed by atoms with Crippen molar-refractivity contribution in [3.63, 3.8) is 0 Å². The molecule has 3 rings (SSSR count). The first-order chi connectivity index (χ1) is 15.9. The van der Waals surface area contributed by atoms with Crippen molar-refractivity contribution >= 4 is 29.5 Å². The zero-order valence-corrected chi connectivity index (χ0v) is 20.0. The number of hydrogen-bond acceptors (Lipinski definition) is 6. The van der Waals surface area contributed by atoms with Gasteiger partial charge in [0.2, 0.25) is 0 Å². The molecule has 3 heterocycles. The van der Waals surface area contributed by atoms with Crippen LogP contribution in [0.15, 0.2) is 57.8 Å². The summed E-state index contributed by atoms with van der Waals surface area (Å²) in [5.41, 5.74) is 5.43. The average Bonchev–Trinajstić information content (AvgIpc) is 3.16. The average molecular weight is 446 g/mol. The molecule has 3 aromatic heterocycles. The van der Waals surface area contributed by atoms with Crippen LogP contribution < -0.4 is 10.1 Å². The predicted octanol–water partition coefficient (Wildman–Crippen LogP) is 5.39. The van der Waals surface area contributed by atoms with Crippen molar-refractivity contribution in [3.8, 4) is 5.75 Å². The van der Waals surface area contributed by atoms with Crippen molar-refractivity contribution < 1.29 is 4.74 Å². The molecule has 0 aromatic carbocycles. The lowest BCUT2D eigenvalue weighted by Crippen LogP contribution is -2.16. The van der Waals surface area contributed by atoms with Gasteiger partial charge in [-0.2, -0.15) is 9.98 Å². The number of aromatic nitrogens is 3. The fraction of sp³-hybridized carbons (Fsp3) is 0.320. The molecule has 0 amide bonds. The van der Waals surface area contributed by atoms with Crippen molar-refractivity contribution in [1.29, 1.82) is 0 Å². The number of aryl methyl sites for hydroxylation is 2. The highest BCUT2D eigenvalue weighted by Gasteiger charge is 2.14. The lowest BCUT2D eigenvalue weighted by Gasteiger charge is -2.13. The van der Waals surface area contributed by atoms with E-state index in [0.29, 0.717) is 17.3 Å². The number of rotatable bonds is 7. The summed E-state index contributed by atoms with van der Waals surface area (Å²) in [6.07, 6.45) is 7.80. The van der Waals surface area contributed by atoms with E-state index in [4.69, 9.17) is 4.74 Å². The van der Waals surface area contributed by atoms with Gasteiger partial charge in [-0.05, 0) is 71.0 Å². The van der Waals surface area contributed by atoms with E-state index in [1.54, 1.807) is 24.8 Å². The van der Waals surface area contributed by atoms with Crippen LogP contribution in [-0.4, -0.2) is 39.9 Å². The Bertz CT molecular complexity index is 1160. The van der Waals surface area contributed by atoms with Crippen LogP contribution in [0.2, 0.25) is 0 Å². The molecule has 172 valence electrons. The van der Waals surface area contributed by atoms with Crippen LogP contribution in [-0.2, 0) is 0 Å². The Morgan fingerprint density at radius 1 is 1.21 bits per heavy atom. The second-order valence-corrected chi connectivity index (χ2v) is 7.65. The van der Waals surface area contributed by atoms with E-state index in [1.807, 2.05) is 52.1 Å². The van der Waals surface area contributed by atoms with E-state index < -0.39 is 0 Å². The Balaban J connectivity index is 2.01. The van der Waals surface area contributed by atoms with Crippen molar-refractivity contribution in [2.24, 2.45) is 15.0 Å². The van der Waals surface area contributed by atoms with E-state index in [-0.39, 0.29) is 12.1 Å². The van der Waals surface area contributed by atoms with Gasteiger partial charge in [-0.3, -0.25) is 15.0 Å². The zero-order valence-electron chi connectivity index (χ0n) is 20.0. The summed E-state index contributed by atoms with van der Waals surface area (Å²) < 4.78 is 6.02. The highest BCUT2D eigenvalue weighted by atomic mass is 16.5. The third-order valence-electron chi connectivity index (χ3n) is 5.14. The van der Waals surface area contributed by atoms with E-state index in [1.165, 1.54) is 0 Å². The summed E-state index contributed by atoms with van der Waals surface area (Å²) in [5, 5.41) is 3.32. The largest absolute Gasteiger partial charge is 0.423 e. The summed E-state index contributed by atoms with van der Waals surface area (Å²) in [6, 6.07) is 8.07. The van der Waals surface area contributed by atoms with E-state index in [9.17, 15) is 0 Å². The quantitative estimate of drug-likeness (QED) is 0.376. The van der Waals surface area contributed by atoms with Gasteiger partial charge in [-0.15, -0.1) is 0 Å². The molecule has 0 radical (unpaired) electrons. The van der Waals surface area contributed by atoms with Crippen LogP contribution in [0.1, 0.15) is 55.7 Å². The van der Waals surface area contributed by atoms with Crippen molar-refractivity contribution in [2.75, 3.05) is 7.05 Å². The molecule has 1 atom stereocenters. The first-order valence-electron chi connectivity index (χ1n) is 11.0. The van der Waals surface area contributed by atoms with Gasteiger partial charge in [-0.25, -0.2) is 0 Å². The Labute approximate surface area is 195 Å². The molecule has 0 fully saturated rings. The molecule has 8 heteroatoms. The fourth-order valence-electron chi connectivity index (χ4n) is 3.38. The molecule has 0 saturated heterocycles. The minimum absolute atomic E-state index is 0.202. The van der Waals surface area contributed by atoms with Crippen LogP contribution in [0.5, 0.6) is 5.75 Å². The highest BCUT2D eigenvalue weighted by Crippen LogP contribution is 2.25. The molecule has 0 aliphatic rings. The molecule has 0 spiro atoms. The van der Waals surface area contributed by atoms with Crippen molar-refractivity contribution in [2.45, 2.75) is 47.1 Å². The number of aliphatic imine (C=N–C) groups is 3. The third-order valence-corrected chi connectivity index (χ3v) is 5.14. The van der Waals surface area contributed by atoms with Crippen molar-refractivity contribution in [1.82, 2.24) is 20.3 Å². The SMILES string of the molecule is CC=Nc1cncc(C(C)=NC(=Nc2cc(C)c(C(CC)NC)[nH]2)Oc2ccc(C)nc2)c1. The van der Waals surface area contributed by atoms with Gasteiger partial charge in [-0.1, -0.05) is 6.92 Å². The molecule has 0 saturated carbocycles. The van der Waals surface area contributed by atoms with Gasteiger partial charge in [0.15, 0.2) is 0 Å². The summed E-state index contributed by atoms with van der Waals surface area (Å²) in [6.45, 7) is 9.89. The number of nitrogens with one attached hydrogen (secondary N) is 2. The number of amidine groups is 1. The Morgan fingerprint density at radius 2 is 2.03 bits per heavy atom. The molecular formula is C25H31N7O. The fourth-order valence-corrected chi connectivity index (χ4v) is 3.38. The minimum atomic E-state index is 0.202. The second-order valence-electron chi connectivity index (χ2n) is 7.65. The summed E-state index contributed by atoms with van der Waals surface area (Å²) in [5.74, 6) is 1.23. The molecule has 1 unspecified atom stereocenters. The predicted molar refractivity (Wildman–Crippen MR) is 135 cm³/mol. The van der Waals surface area contributed by atoms with Gasteiger partial charge in [0.1, 0.15) is 11.6 Å². The number of nitrogens with zero attached hydrogens (tertiary/aromatic N) is 5. The Hall–Kier alpha value is -3.65. The van der Waals surface area contributed by atoms with Crippen LogP contribution in [0.4, 0.5) is 11.5 Å². The zero-order chi connectivity index (χ0) is 23.8. The van der Waals surface area contributed by atoms with E-state index in [2.05, 4.69) is 49.1 Å². The number of hydrogen-bond donors (Lipinski definition) is 2. The van der Waals surface area contributed by atoms with Crippen LogP contribution in [0, 0.1) is 13.8 Å². The molecule has 2 N–H and O–H groups in total. The van der Waals surface area contributed by atoms with Crippen LogP contribution in [0.3, 0.4) is 0 Å². The maximum atomic E-state index is 6.02. The summed E-state index contributed by atoms with van der Waals surface area (Å²) in [7, 11) is 1.95. The van der Waals surface area contributed by atoms with Gasteiger partial charge in [0.05, 0.1) is 23.8 Å². The first kappa shape index (κ1) is 24.0. The Kier molecular flexibility index (Phi) is 8.21. The minimum Gasteiger partial charge on any atom is -0.423 e. The summed E-state index contributed by atoms with van der Waals surface area (Å²) in [4.78, 5) is 25.6. The monoisotopic (exact) mass is 445 g/mol. The maximum Gasteiger partial charge on any atom is 0.324 e. The number of pyridine rings is 2. The molecule has 0 bridgehead atoms. The molecule has 3 aromatic rings. The normalized spacial score (nSPS) is 13.5. The van der Waals surface area contributed by atoms with Gasteiger partial charge < -0.3 is 15.0 Å². The Morgan fingerprint density at radius 3 is 2.70 bits per heavy atom. The topological polar surface area (TPSA) is 99.9 Å². The molecular weight excluding hydrogens is 414 g/mol. The summed E-state index contributed by atoms with van der Waals surface area (Å²) >= 11 is 0. The first-order valence-corrected chi connectivity index (χ1v) is 11.0. The van der Waals surface area contributed by atoms with Gasteiger partial charge in [0, 0.05) is 35.4 Å². The van der Waals surface area contributed by atoms with Gasteiger partial charge in [0.25, 0.3) is 0 Å². The van der Waals surface area contributed by atoms with Crippen molar-refractivity contribution in [3.05, 3.63) is 65.4 Å².